The predicted molar refractivity (Wildman–Crippen MR) is 282 cm³/mol. The average molecular weight is 856 g/mol. The van der Waals surface area contributed by atoms with Gasteiger partial charge in [-0.3, -0.25) is 0 Å². The third-order valence-corrected chi connectivity index (χ3v) is 15.3. The van der Waals surface area contributed by atoms with Gasteiger partial charge in [-0.25, -0.2) is 0 Å². The van der Waals surface area contributed by atoms with Gasteiger partial charge in [0.2, 0.25) is 0 Å². The van der Waals surface area contributed by atoms with Crippen LogP contribution < -0.4 is 31.1 Å². The van der Waals surface area contributed by atoms with Gasteiger partial charge in [0.1, 0.15) is 0 Å². The summed E-state index contributed by atoms with van der Waals surface area (Å²) in [4.78, 5) is 7.72. The molecule has 2 aliphatic heterocycles. The van der Waals surface area contributed by atoms with Gasteiger partial charge in [-0.2, -0.15) is 0 Å². The topological polar surface area (TPSA) is 9.72 Å². The number of rotatable bonds is 5. The number of hydrogen-bond donors (Lipinski definition) is 0. The van der Waals surface area contributed by atoms with Crippen molar-refractivity contribution in [2.24, 2.45) is 0 Å². The number of aryl methyl sites for hydroxylation is 2. The third-order valence-electron chi connectivity index (χ3n) is 15.3. The summed E-state index contributed by atoms with van der Waals surface area (Å²) < 4.78 is 0. The Morgan fingerprint density at radius 1 is 0.500 bits per heavy atom. The number of nitrogens with zero attached hydrogens (tertiary/aromatic N) is 3. The quantitative estimate of drug-likeness (QED) is 0.160. The first kappa shape index (κ1) is 40.7. The number of hydrogen-bond acceptors (Lipinski definition) is 3. The first-order valence-corrected chi connectivity index (χ1v) is 24.0. The lowest BCUT2D eigenvalue weighted by Crippen LogP contribution is -2.61. The SMILES string of the molecule is Cc1cc2c3c(c1)N(c1cccc4c1Cc1ccccc1-4)c1cc4c(cc1B3c1cc(N(c3ccccc3)c3ccccc3)ccc1N2c1ccc(C(C)(C)C)cc1C)C(C)(C)CC4(C)C. The zero-order valence-corrected chi connectivity index (χ0v) is 39.9. The van der Waals surface area contributed by atoms with E-state index in [1.54, 1.807) is 0 Å². The van der Waals surface area contributed by atoms with Crippen molar-refractivity contribution in [3.05, 3.63) is 203 Å². The van der Waals surface area contributed by atoms with Crippen LogP contribution in [0.2, 0.25) is 0 Å². The van der Waals surface area contributed by atoms with Crippen molar-refractivity contribution in [1.29, 1.82) is 0 Å². The minimum atomic E-state index is -0.0191. The smallest absolute Gasteiger partial charge is 0.252 e. The summed E-state index contributed by atoms with van der Waals surface area (Å²) in [5, 5.41) is 0. The fraction of sp³-hybridized carbons (Fsp3) is 0.226. The van der Waals surface area contributed by atoms with Gasteiger partial charge >= 0.3 is 0 Å². The van der Waals surface area contributed by atoms with Crippen molar-refractivity contribution in [3.8, 4) is 11.1 Å². The van der Waals surface area contributed by atoms with E-state index in [0.717, 1.165) is 29.9 Å². The van der Waals surface area contributed by atoms with Crippen LogP contribution >= 0.6 is 0 Å². The zero-order valence-electron chi connectivity index (χ0n) is 39.9. The van der Waals surface area contributed by atoms with E-state index in [1.165, 1.54) is 101 Å². The van der Waals surface area contributed by atoms with E-state index in [0.29, 0.717) is 0 Å². The molecule has 0 unspecified atom stereocenters. The lowest BCUT2D eigenvalue weighted by Gasteiger charge is -2.46. The first-order chi connectivity index (χ1) is 31.7. The maximum atomic E-state index is 2.69. The second-order valence-corrected chi connectivity index (χ2v) is 21.9. The summed E-state index contributed by atoms with van der Waals surface area (Å²) >= 11 is 0. The monoisotopic (exact) mass is 855 g/mol. The van der Waals surface area contributed by atoms with E-state index in [4.69, 9.17) is 0 Å². The molecule has 4 aliphatic rings. The van der Waals surface area contributed by atoms with Crippen molar-refractivity contribution in [1.82, 2.24) is 0 Å². The van der Waals surface area contributed by atoms with Crippen LogP contribution in [-0.2, 0) is 22.7 Å². The Bertz CT molecular complexity index is 3240. The molecule has 0 N–H and O–H groups in total. The molecule has 324 valence electrons. The molecule has 0 saturated heterocycles. The number of para-hydroxylation sites is 2. The molecule has 0 fully saturated rings. The van der Waals surface area contributed by atoms with E-state index in [-0.39, 0.29) is 23.0 Å². The molecule has 66 heavy (non-hydrogen) atoms. The molecule has 0 radical (unpaired) electrons. The summed E-state index contributed by atoms with van der Waals surface area (Å²) in [7, 11) is 0. The predicted octanol–water partition coefficient (Wildman–Crippen LogP) is 14.7. The van der Waals surface area contributed by atoms with Crippen molar-refractivity contribution in [3.63, 3.8) is 0 Å². The summed E-state index contributed by atoms with van der Waals surface area (Å²) in [5.41, 5.74) is 27.5. The number of benzene rings is 8. The molecule has 4 heteroatoms. The van der Waals surface area contributed by atoms with Crippen molar-refractivity contribution < 1.29 is 0 Å². The van der Waals surface area contributed by atoms with Gasteiger partial charge in [0, 0.05) is 51.9 Å². The summed E-state index contributed by atoms with van der Waals surface area (Å²) in [5.74, 6) is 0. The number of fused-ring (bicyclic) bond motifs is 8. The minimum Gasteiger partial charge on any atom is -0.311 e. The summed E-state index contributed by atoms with van der Waals surface area (Å²) in [6.07, 6.45) is 2.03. The molecule has 0 saturated carbocycles. The highest BCUT2D eigenvalue weighted by Gasteiger charge is 2.48. The summed E-state index contributed by atoms with van der Waals surface area (Å²) in [6, 6.07) is 62.5. The largest absolute Gasteiger partial charge is 0.311 e. The Hall–Kier alpha value is -6.78. The van der Waals surface area contributed by atoms with Gasteiger partial charge in [-0.1, -0.05) is 139 Å². The van der Waals surface area contributed by atoms with Gasteiger partial charge in [-0.15, -0.1) is 0 Å². The third kappa shape index (κ3) is 6.10. The first-order valence-electron chi connectivity index (χ1n) is 24.0. The maximum absolute atomic E-state index is 2.69. The lowest BCUT2D eigenvalue weighted by atomic mass is 9.33. The standard InChI is InChI=1S/C62H58BN3/c1-39-31-57-59-58(32-39)66(54-26-18-25-47-46-24-17-16-19-41(46)34-48(47)54)56-37-50-49(61(6,7)38-62(50,8)9)36-52(56)63(59)51-35-45(64(43-20-12-10-13-21-43)44-22-14-11-15-23-44)28-30-55(51)65(57)53-29-27-42(33-40(53)2)60(3,4)5/h10-33,35-37H,34,38H2,1-9H3. The summed E-state index contributed by atoms with van der Waals surface area (Å²) in [6.45, 7) is 21.4. The van der Waals surface area contributed by atoms with Crippen LogP contribution in [0.1, 0.15) is 93.8 Å². The maximum Gasteiger partial charge on any atom is 0.252 e. The molecular weight excluding hydrogens is 798 g/mol. The number of anilines is 9. The minimum absolute atomic E-state index is 0.0191. The van der Waals surface area contributed by atoms with Gasteiger partial charge in [-0.05, 0) is 176 Å². The molecule has 0 bridgehead atoms. The Morgan fingerprint density at radius 3 is 1.76 bits per heavy atom. The Kier molecular flexibility index (Phi) is 8.86. The molecule has 3 nitrogen and oxygen atoms in total. The fourth-order valence-corrected chi connectivity index (χ4v) is 12.6. The van der Waals surface area contributed by atoms with Crippen LogP contribution in [-0.4, -0.2) is 6.71 Å². The van der Waals surface area contributed by atoms with Crippen LogP contribution in [0, 0.1) is 13.8 Å². The molecular formula is C62H58BN3. The molecule has 8 aromatic carbocycles. The van der Waals surface area contributed by atoms with Gasteiger partial charge in [0.05, 0.1) is 5.69 Å². The molecule has 12 rings (SSSR count). The Balaban J connectivity index is 1.19. The molecule has 2 aliphatic carbocycles. The highest BCUT2D eigenvalue weighted by atomic mass is 15.2. The second-order valence-electron chi connectivity index (χ2n) is 21.9. The Morgan fingerprint density at radius 2 is 1.09 bits per heavy atom. The van der Waals surface area contributed by atoms with E-state index >= 15 is 0 Å². The van der Waals surface area contributed by atoms with E-state index in [9.17, 15) is 0 Å². The molecule has 0 amide bonds. The van der Waals surface area contributed by atoms with Gasteiger partial charge in [0.25, 0.3) is 6.71 Å². The van der Waals surface area contributed by atoms with Crippen molar-refractivity contribution in [2.75, 3.05) is 14.7 Å². The van der Waals surface area contributed by atoms with Gasteiger partial charge in [0.15, 0.2) is 0 Å². The molecule has 0 spiro atoms. The van der Waals surface area contributed by atoms with Crippen molar-refractivity contribution >= 4 is 74.3 Å². The van der Waals surface area contributed by atoms with Crippen LogP contribution in [0.3, 0.4) is 0 Å². The van der Waals surface area contributed by atoms with Crippen LogP contribution in [0.25, 0.3) is 11.1 Å². The molecule has 2 heterocycles. The van der Waals surface area contributed by atoms with E-state index in [1.807, 2.05) is 0 Å². The van der Waals surface area contributed by atoms with Crippen LogP contribution in [0.4, 0.5) is 51.2 Å². The fourth-order valence-electron chi connectivity index (χ4n) is 12.6. The normalized spacial score (nSPS) is 15.7. The van der Waals surface area contributed by atoms with Crippen LogP contribution in [0.5, 0.6) is 0 Å². The van der Waals surface area contributed by atoms with Crippen LogP contribution in [0.15, 0.2) is 164 Å². The van der Waals surface area contributed by atoms with E-state index in [2.05, 4.69) is 241 Å². The molecule has 0 atom stereocenters. The second kappa shape index (κ2) is 14.4. The van der Waals surface area contributed by atoms with E-state index < -0.39 is 0 Å². The lowest BCUT2D eigenvalue weighted by molar-refractivity contribution is 0.403. The van der Waals surface area contributed by atoms with Gasteiger partial charge < -0.3 is 14.7 Å². The average Bonchev–Trinajstić information content (AvgIpc) is 3.76. The highest BCUT2D eigenvalue weighted by molar-refractivity contribution is 7.00. The molecule has 8 aromatic rings. The van der Waals surface area contributed by atoms with Crippen molar-refractivity contribution in [2.45, 2.75) is 91.4 Å². The molecule has 0 aromatic heterocycles. The highest BCUT2D eigenvalue weighted by Crippen LogP contribution is 2.54. The Labute approximate surface area is 392 Å². The zero-order chi connectivity index (χ0) is 45.4.